The van der Waals surface area contributed by atoms with Crippen molar-refractivity contribution in [2.45, 2.75) is 19.0 Å². The smallest absolute Gasteiger partial charge is 0.252 e. The fourth-order valence-corrected chi connectivity index (χ4v) is 4.01. The van der Waals surface area contributed by atoms with Crippen LogP contribution in [0.15, 0.2) is 66.7 Å². The van der Waals surface area contributed by atoms with Crippen LogP contribution in [0.4, 0.5) is 0 Å². The third kappa shape index (κ3) is 3.81. The number of fused-ring (bicyclic) bond motifs is 1. The number of benzene rings is 3. The summed E-state index contributed by atoms with van der Waals surface area (Å²) in [6.45, 7) is 3.07. The van der Waals surface area contributed by atoms with Crippen LogP contribution in [0.25, 0.3) is 10.8 Å². The van der Waals surface area contributed by atoms with Crippen molar-refractivity contribution in [3.05, 3.63) is 77.9 Å². The predicted octanol–water partition coefficient (Wildman–Crippen LogP) is 2.44. The van der Waals surface area contributed by atoms with Crippen molar-refractivity contribution in [1.29, 1.82) is 0 Å². The van der Waals surface area contributed by atoms with Gasteiger partial charge in [-0.1, -0.05) is 54.6 Å². The van der Waals surface area contributed by atoms with E-state index in [1.54, 1.807) is 7.11 Å². The summed E-state index contributed by atoms with van der Waals surface area (Å²) in [6.07, 6.45) is 1.02. The molecule has 0 bridgehead atoms. The Kier molecular flexibility index (Phi) is 5.07. The molecule has 138 valence electrons. The molecule has 0 aliphatic carbocycles. The van der Waals surface area contributed by atoms with Gasteiger partial charge < -0.3 is 15.0 Å². The Morgan fingerprint density at radius 3 is 2.56 bits per heavy atom. The molecule has 1 saturated heterocycles. The zero-order valence-corrected chi connectivity index (χ0v) is 15.6. The van der Waals surface area contributed by atoms with Crippen LogP contribution in [0, 0.1) is 0 Å². The third-order valence-corrected chi connectivity index (χ3v) is 5.36. The number of nitrogens with one attached hydrogen (secondary N) is 2. The molecule has 4 heteroatoms. The Morgan fingerprint density at radius 1 is 1.04 bits per heavy atom. The van der Waals surface area contributed by atoms with Crippen LogP contribution in [0.5, 0.6) is 5.75 Å². The lowest BCUT2D eigenvalue weighted by molar-refractivity contribution is -0.901. The number of likely N-dealkylation sites (tertiary alicyclic amines) is 1. The Morgan fingerprint density at radius 2 is 1.78 bits per heavy atom. The van der Waals surface area contributed by atoms with E-state index in [1.807, 2.05) is 42.5 Å². The van der Waals surface area contributed by atoms with Crippen LogP contribution in [-0.4, -0.2) is 32.1 Å². The third-order valence-electron chi connectivity index (χ3n) is 5.36. The maximum atomic E-state index is 12.9. The van der Waals surface area contributed by atoms with E-state index in [4.69, 9.17) is 4.74 Å². The van der Waals surface area contributed by atoms with Crippen LogP contribution in [0.1, 0.15) is 22.3 Å². The average molecular weight is 361 g/mol. The summed E-state index contributed by atoms with van der Waals surface area (Å²) in [7, 11) is 1.66. The molecule has 3 aromatic rings. The van der Waals surface area contributed by atoms with Crippen LogP contribution in [-0.2, 0) is 6.54 Å². The monoisotopic (exact) mass is 361 g/mol. The molecule has 2 N–H and O–H groups in total. The Labute approximate surface area is 159 Å². The average Bonchev–Trinajstić information content (AvgIpc) is 3.14. The zero-order chi connectivity index (χ0) is 18.6. The fourth-order valence-electron chi connectivity index (χ4n) is 4.01. The van der Waals surface area contributed by atoms with Gasteiger partial charge in [-0.25, -0.2) is 0 Å². The van der Waals surface area contributed by atoms with Gasteiger partial charge in [0.1, 0.15) is 12.3 Å². The largest absolute Gasteiger partial charge is 0.496 e. The lowest BCUT2D eigenvalue weighted by Crippen LogP contribution is -3.09. The highest BCUT2D eigenvalue weighted by Crippen LogP contribution is 2.28. The molecule has 2 atom stereocenters. The standard InChI is InChI=1S/C23H24N2O2/c1-27-22-12-11-21(19-9-5-6-10-20(19)22)23(26)24-18-13-14-25(16-18)15-17-7-3-2-4-8-17/h2-12,18H,13-16H2,1H3,(H,24,26)/p+1/t18-/m1/s1. The molecule has 0 radical (unpaired) electrons. The van der Waals surface area contributed by atoms with Gasteiger partial charge in [-0.05, 0) is 17.5 Å². The summed E-state index contributed by atoms with van der Waals surface area (Å²) < 4.78 is 5.43. The van der Waals surface area contributed by atoms with E-state index in [-0.39, 0.29) is 11.9 Å². The number of rotatable bonds is 5. The van der Waals surface area contributed by atoms with Crippen molar-refractivity contribution in [3.63, 3.8) is 0 Å². The van der Waals surface area contributed by atoms with Gasteiger partial charge in [-0.3, -0.25) is 4.79 Å². The SMILES string of the molecule is COc1ccc(C(=O)N[C@@H]2CC[NH+](Cc3ccccc3)C2)c2ccccc12. The second-order valence-electron chi connectivity index (χ2n) is 7.19. The van der Waals surface area contributed by atoms with Crippen LogP contribution >= 0.6 is 0 Å². The molecule has 1 heterocycles. The Hall–Kier alpha value is -2.85. The molecular formula is C23H25N2O2+. The lowest BCUT2D eigenvalue weighted by Gasteiger charge is -2.15. The molecule has 1 aliphatic heterocycles. The van der Waals surface area contributed by atoms with Gasteiger partial charge in [-0.15, -0.1) is 0 Å². The first kappa shape index (κ1) is 17.6. The van der Waals surface area contributed by atoms with Crippen LogP contribution < -0.4 is 15.0 Å². The molecule has 1 aliphatic rings. The minimum Gasteiger partial charge on any atom is -0.496 e. The van der Waals surface area contributed by atoms with Gasteiger partial charge in [0, 0.05) is 22.9 Å². The lowest BCUT2D eigenvalue weighted by atomic mass is 10.0. The highest BCUT2D eigenvalue weighted by Gasteiger charge is 2.28. The van der Waals surface area contributed by atoms with E-state index < -0.39 is 0 Å². The van der Waals surface area contributed by atoms with Crippen molar-refractivity contribution < 1.29 is 14.4 Å². The molecular weight excluding hydrogens is 336 g/mol. The van der Waals surface area contributed by atoms with E-state index in [9.17, 15) is 4.79 Å². The van der Waals surface area contributed by atoms with Crippen molar-refractivity contribution in [2.75, 3.05) is 20.2 Å². The predicted molar refractivity (Wildman–Crippen MR) is 107 cm³/mol. The molecule has 0 spiro atoms. The summed E-state index contributed by atoms with van der Waals surface area (Å²) >= 11 is 0. The van der Waals surface area contributed by atoms with Crippen molar-refractivity contribution in [2.24, 2.45) is 0 Å². The van der Waals surface area contributed by atoms with Crippen molar-refractivity contribution >= 4 is 16.7 Å². The zero-order valence-electron chi connectivity index (χ0n) is 15.6. The number of hydrogen-bond acceptors (Lipinski definition) is 2. The van der Waals surface area contributed by atoms with E-state index in [0.717, 1.165) is 42.6 Å². The van der Waals surface area contributed by atoms with Gasteiger partial charge in [0.25, 0.3) is 5.91 Å². The summed E-state index contributed by atoms with van der Waals surface area (Å²) in [6, 6.07) is 22.4. The number of hydrogen-bond donors (Lipinski definition) is 2. The molecule has 27 heavy (non-hydrogen) atoms. The molecule has 1 amide bonds. The number of methoxy groups -OCH3 is 1. The number of ether oxygens (including phenoxy) is 1. The Bertz CT molecular complexity index is 940. The highest BCUT2D eigenvalue weighted by atomic mass is 16.5. The topological polar surface area (TPSA) is 42.8 Å². The van der Waals surface area contributed by atoms with Gasteiger partial charge in [0.15, 0.2) is 0 Å². The minimum absolute atomic E-state index is 0.000172. The van der Waals surface area contributed by atoms with Crippen molar-refractivity contribution in [1.82, 2.24) is 5.32 Å². The Balaban J connectivity index is 1.45. The van der Waals surface area contributed by atoms with E-state index >= 15 is 0 Å². The first-order valence-corrected chi connectivity index (χ1v) is 9.48. The fraction of sp³-hybridized carbons (Fsp3) is 0.261. The van der Waals surface area contributed by atoms with Crippen molar-refractivity contribution in [3.8, 4) is 5.75 Å². The first-order chi connectivity index (χ1) is 13.2. The van der Waals surface area contributed by atoms with E-state index in [0.29, 0.717) is 5.56 Å². The summed E-state index contributed by atoms with van der Waals surface area (Å²) in [5, 5.41) is 5.14. The summed E-state index contributed by atoms with van der Waals surface area (Å²) in [5.41, 5.74) is 2.06. The summed E-state index contributed by atoms with van der Waals surface area (Å²) in [5.74, 6) is 0.793. The molecule has 0 saturated carbocycles. The second-order valence-corrected chi connectivity index (χ2v) is 7.19. The van der Waals surface area contributed by atoms with E-state index in [1.165, 1.54) is 10.5 Å². The highest BCUT2D eigenvalue weighted by molar-refractivity contribution is 6.08. The molecule has 3 aromatic carbocycles. The first-order valence-electron chi connectivity index (χ1n) is 9.48. The van der Waals surface area contributed by atoms with E-state index in [2.05, 4.69) is 29.6 Å². The van der Waals surface area contributed by atoms with Gasteiger partial charge in [0.2, 0.25) is 0 Å². The summed E-state index contributed by atoms with van der Waals surface area (Å²) in [4.78, 5) is 14.4. The molecule has 4 rings (SSSR count). The number of carbonyl (C=O) groups is 1. The van der Waals surface area contributed by atoms with Crippen LogP contribution in [0.2, 0.25) is 0 Å². The van der Waals surface area contributed by atoms with Gasteiger partial charge in [-0.2, -0.15) is 0 Å². The quantitative estimate of drug-likeness (QED) is 0.733. The normalized spacial score (nSPS) is 19.1. The molecule has 1 unspecified atom stereocenters. The number of quaternary nitrogens is 1. The second kappa shape index (κ2) is 7.80. The molecule has 1 fully saturated rings. The van der Waals surface area contributed by atoms with Gasteiger partial charge >= 0.3 is 0 Å². The minimum atomic E-state index is -0.000172. The maximum Gasteiger partial charge on any atom is 0.252 e. The number of amides is 1. The molecule has 0 aromatic heterocycles. The maximum absolute atomic E-state index is 12.9. The number of carbonyl (C=O) groups excluding carboxylic acids is 1. The van der Waals surface area contributed by atoms with Crippen LogP contribution in [0.3, 0.4) is 0 Å². The van der Waals surface area contributed by atoms with Gasteiger partial charge in [0.05, 0.1) is 26.2 Å². The molecule has 4 nitrogen and oxygen atoms in total.